The quantitative estimate of drug-likeness (QED) is 0.600. The lowest BCUT2D eigenvalue weighted by Gasteiger charge is -2.38. The van der Waals surface area contributed by atoms with Crippen molar-refractivity contribution in [1.29, 1.82) is 0 Å². The Kier molecular flexibility index (Phi) is 6.15. The molecule has 0 aromatic heterocycles. The van der Waals surface area contributed by atoms with Gasteiger partial charge in [0, 0.05) is 17.4 Å². The highest BCUT2D eigenvalue weighted by atomic mass is 16.5. The molecule has 32 heavy (non-hydrogen) atoms. The summed E-state index contributed by atoms with van der Waals surface area (Å²) in [5, 5.41) is 6.64. The number of methoxy groups -OCH3 is 1. The van der Waals surface area contributed by atoms with Crippen LogP contribution in [0.25, 0.3) is 0 Å². The van der Waals surface area contributed by atoms with Gasteiger partial charge in [0.1, 0.15) is 0 Å². The largest absolute Gasteiger partial charge is 0.493 e. The number of hydrogen-bond donors (Lipinski definition) is 0. The van der Waals surface area contributed by atoms with Crippen molar-refractivity contribution in [2.75, 3.05) is 7.11 Å². The number of benzene rings is 2. The van der Waals surface area contributed by atoms with Gasteiger partial charge < -0.3 is 9.47 Å². The lowest BCUT2D eigenvalue weighted by Crippen LogP contribution is -2.45. The summed E-state index contributed by atoms with van der Waals surface area (Å²) in [7, 11) is 1.69. The predicted molar refractivity (Wildman–Crippen MR) is 125 cm³/mol. The van der Waals surface area contributed by atoms with Gasteiger partial charge in [-0.1, -0.05) is 43.2 Å². The summed E-state index contributed by atoms with van der Waals surface area (Å²) in [5.41, 5.74) is 3.16. The summed E-state index contributed by atoms with van der Waals surface area (Å²) in [5.74, 6) is 1.91. The topological polar surface area (TPSA) is 51.1 Å². The highest BCUT2D eigenvalue weighted by Crippen LogP contribution is 2.40. The van der Waals surface area contributed by atoms with Gasteiger partial charge in [0.25, 0.3) is 0 Å². The van der Waals surface area contributed by atoms with Crippen LogP contribution in [0.15, 0.2) is 53.6 Å². The van der Waals surface area contributed by atoms with Gasteiger partial charge in [0.05, 0.1) is 25.5 Å². The monoisotopic (exact) mass is 432 g/mol. The van der Waals surface area contributed by atoms with E-state index in [1.54, 1.807) is 12.1 Å². The van der Waals surface area contributed by atoms with Gasteiger partial charge in [-0.3, -0.25) is 4.79 Å². The van der Waals surface area contributed by atoms with Crippen LogP contribution in [0.5, 0.6) is 11.5 Å². The summed E-state index contributed by atoms with van der Waals surface area (Å²) in [6.07, 6.45) is 9.10. The van der Waals surface area contributed by atoms with E-state index in [1.807, 2.05) is 24.3 Å². The molecular weight excluding hydrogens is 400 g/mol. The summed E-state index contributed by atoms with van der Waals surface area (Å²) in [4.78, 5) is 13.3. The SMILES string of the molecule is COc1ccc(C2=NN(Cc3ccccc3)C(=O)C3CCCCC23)cc1OC1CCCC1. The molecule has 0 saturated heterocycles. The maximum atomic E-state index is 13.3. The Morgan fingerprint density at radius 3 is 2.38 bits per heavy atom. The van der Waals surface area contributed by atoms with Crippen LogP contribution in [0.3, 0.4) is 0 Å². The van der Waals surface area contributed by atoms with Crippen LogP contribution in [0, 0.1) is 11.8 Å². The molecule has 0 bridgehead atoms. The lowest BCUT2D eigenvalue weighted by molar-refractivity contribution is -0.139. The van der Waals surface area contributed by atoms with Crippen LogP contribution < -0.4 is 9.47 Å². The first-order valence-electron chi connectivity index (χ1n) is 12.0. The molecule has 0 N–H and O–H groups in total. The number of carbonyl (C=O) groups excluding carboxylic acids is 1. The Hall–Kier alpha value is -2.82. The molecule has 2 saturated carbocycles. The van der Waals surface area contributed by atoms with Crippen molar-refractivity contribution in [3.05, 3.63) is 59.7 Å². The van der Waals surface area contributed by atoms with Crippen molar-refractivity contribution in [3.63, 3.8) is 0 Å². The summed E-state index contributed by atoms with van der Waals surface area (Å²) in [6, 6.07) is 16.3. The molecule has 5 nitrogen and oxygen atoms in total. The predicted octanol–water partition coefficient (Wildman–Crippen LogP) is 5.57. The van der Waals surface area contributed by atoms with E-state index in [4.69, 9.17) is 14.6 Å². The molecule has 1 aliphatic heterocycles. The normalized spacial score (nSPS) is 23.6. The van der Waals surface area contributed by atoms with E-state index in [1.165, 1.54) is 12.8 Å². The van der Waals surface area contributed by atoms with E-state index in [9.17, 15) is 4.79 Å². The fourth-order valence-corrected chi connectivity index (χ4v) is 5.45. The Morgan fingerprint density at radius 1 is 0.906 bits per heavy atom. The molecule has 168 valence electrons. The molecule has 2 unspecified atom stereocenters. The third-order valence-electron chi connectivity index (χ3n) is 7.15. The van der Waals surface area contributed by atoms with Crippen LogP contribution in [-0.4, -0.2) is 29.8 Å². The van der Waals surface area contributed by atoms with Crippen LogP contribution in [0.1, 0.15) is 62.5 Å². The Labute approximate surface area is 190 Å². The standard InChI is InChI=1S/C27H32N2O3/c1-31-24-16-15-20(17-25(24)32-21-11-5-6-12-21)26-22-13-7-8-14-23(22)27(30)29(28-26)18-19-9-3-2-4-10-19/h2-4,9-10,15-17,21-23H,5-8,11-14,18H2,1H3. The second-order valence-electron chi connectivity index (χ2n) is 9.25. The molecule has 2 aromatic rings. The van der Waals surface area contributed by atoms with Crippen LogP contribution in [-0.2, 0) is 11.3 Å². The molecule has 5 rings (SSSR count). The number of hydrazone groups is 1. The molecule has 2 aliphatic carbocycles. The van der Waals surface area contributed by atoms with Gasteiger partial charge >= 0.3 is 0 Å². The number of amides is 1. The number of carbonyl (C=O) groups is 1. The number of ether oxygens (including phenoxy) is 2. The molecule has 5 heteroatoms. The van der Waals surface area contributed by atoms with E-state index in [0.717, 1.165) is 66.9 Å². The fourth-order valence-electron chi connectivity index (χ4n) is 5.45. The van der Waals surface area contributed by atoms with Crippen LogP contribution in [0.4, 0.5) is 0 Å². The van der Waals surface area contributed by atoms with Crippen molar-refractivity contribution in [3.8, 4) is 11.5 Å². The van der Waals surface area contributed by atoms with Crippen molar-refractivity contribution in [2.24, 2.45) is 16.9 Å². The van der Waals surface area contributed by atoms with E-state index in [2.05, 4.69) is 24.3 Å². The molecule has 2 fully saturated rings. The van der Waals surface area contributed by atoms with Crippen molar-refractivity contribution in [2.45, 2.75) is 64.0 Å². The maximum Gasteiger partial charge on any atom is 0.246 e. The highest BCUT2D eigenvalue weighted by molar-refractivity contribution is 6.07. The molecule has 0 spiro atoms. The third-order valence-corrected chi connectivity index (χ3v) is 7.15. The third kappa shape index (κ3) is 4.25. The smallest absolute Gasteiger partial charge is 0.246 e. The zero-order valence-corrected chi connectivity index (χ0v) is 18.8. The molecule has 3 aliphatic rings. The minimum Gasteiger partial charge on any atom is -0.493 e. The second-order valence-corrected chi connectivity index (χ2v) is 9.25. The number of nitrogens with zero attached hydrogens (tertiary/aromatic N) is 2. The molecular formula is C27H32N2O3. The average molecular weight is 433 g/mol. The van der Waals surface area contributed by atoms with E-state index in [-0.39, 0.29) is 23.8 Å². The van der Waals surface area contributed by atoms with Gasteiger partial charge in [0.15, 0.2) is 11.5 Å². The van der Waals surface area contributed by atoms with E-state index in [0.29, 0.717) is 6.54 Å². The summed E-state index contributed by atoms with van der Waals surface area (Å²) < 4.78 is 11.9. The van der Waals surface area contributed by atoms with Crippen LogP contribution in [0.2, 0.25) is 0 Å². The van der Waals surface area contributed by atoms with Crippen molar-refractivity contribution in [1.82, 2.24) is 5.01 Å². The van der Waals surface area contributed by atoms with E-state index >= 15 is 0 Å². The zero-order chi connectivity index (χ0) is 21.9. The first kappa shape index (κ1) is 21.0. The number of fused-ring (bicyclic) bond motifs is 1. The molecule has 1 amide bonds. The Morgan fingerprint density at radius 2 is 1.62 bits per heavy atom. The van der Waals surface area contributed by atoms with Gasteiger partial charge in [-0.2, -0.15) is 5.10 Å². The van der Waals surface area contributed by atoms with Gasteiger partial charge in [-0.25, -0.2) is 5.01 Å². The summed E-state index contributed by atoms with van der Waals surface area (Å²) in [6.45, 7) is 0.508. The Bertz CT molecular complexity index is 982. The average Bonchev–Trinajstić information content (AvgIpc) is 3.35. The van der Waals surface area contributed by atoms with E-state index < -0.39 is 0 Å². The van der Waals surface area contributed by atoms with Gasteiger partial charge in [0.2, 0.25) is 5.91 Å². The van der Waals surface area contributed by atoms with Crippen LogP contribution >= 0.6 is 0 Å². The maximum absolute atomic E-state index is 13.3. The van der Waals surface area contributed by atoms with Crippen molar-refractivity contribution < 1.29 is 14.3 Å². The molecule has 1 heterocycles. The lowest BCUT2D eigenvalue weighted by atomic mass is 9.73. The fraction of sp³-hybridized carbons (Fsp3) is 0.481. The summed E-state index contributed by atoms with van der Waals surface area (Å²) >= 11 is 0. The van der Waals surface area contributed by atoms with Gasteiger partial charge in [-0.05, 0) is 62.3 Å². The molecule has 2 aromatic carbocycles. The molecule has 0 radical (unpaired) electrons. The van der Waals surface area contributed by atoms with Gasteiger partial charge in [-0.15, -0.1) is 0 Å². The van der Waals surface area contributed by atoms with Crippen molar-refractivity contribution >= 4 is 11.6 Å². The minimum absolute atomic E-state index is 0.0151. The first-order valence-corrected chi connectivity index (χ1v) is 12.0. The zero-order valence-electron chi connectivity index (χ0n) is 18.8. The number of hydrogen-bond acceptors (Lipinski definition) is 4. The highest BCUT2D eigenvalue weighted by Gasteiger charge is 2.41. The molecule has 2 atom stereocenters. The first-order chi connectivity index (χ1) is 15.7. The Balaban J connectivity index is 1.50. The number of rotatable bonds is 6. The minimum atomic E-state index is 0.0151. The second kappa shape index (κ2) is 9.35.